The van der Waals surface area contributed by atoms with E-state index in [0.29, 0.717) is 5.56 Å². The number of carboxylic acid groups (broad SMARTS) is 1. The van der Waals surface area contributed by atoms with Crippen molar-refractivity contribution in [1.82, 2.24) is 4.98 Å². The van der Waals surface area contributed by atoms with E-state index in [9.17, 15) is 22.8 Å². The molecule has 0 saturated heterocycles. The Morgan fingerprint density at radius 3 is 2.68 bits per heavy atom. The standard InChI is InChI=1S/C11H9F3N2O3/c12-11(13,14)6-9(17)16-8-5-7(3-4-15-8)1-2-10(18)19/h1-5H,6H2,(H,18,19)(H,15,16,17)/b2-1+. The smallest absolute Gasteiger partial charge is 0.397 e. The van der Waals surface area contributed by atoms with Gasteiger partial charge in [0, 0.05) is 12.3 Å². The highest BCUT2D eigenvalue weighted by Gasteiger charge is 2.31. The van der Waals surface area contributed by atoms with Crippen LogP contribution in [0.15, 0.2) is 24.4 Å². The first kappa shape index (κ1) is 14.7. The number of halogens is 3. The second kappa shape index (κ2) is 5.98. The number of aromatic nitrogens is 1. The van der Waals surface area contributed by atoms with E-state index in [1.165, 1.54) is 24.4 Å². The van der Waals surface area contributed by atoms with Crippen LogP contribution < -0.4 is 5.32 Å². The van der Waals surface area contributed by atoms with Crippen molar-refractivity contribution in [1.29, 1.82) is 0 Å². The normalized spacial score (nSPS) is 11.5. The summed E-state index contributed by atoms with van der Waals surface area (Å²) in [5, 5.41) is 10.4. The van der Waals surface area contributed by atoms with Crippen molar-refractivity contribution in [3.05, 3.63) is 30.0 Å². The summed E-state index contributed by atoms with van der Waals surface area (Å²) in [6.45, 7) is 0. The molecule has 0 atom stereocenters. The Bertz CT molecular complexity index is 512. The maximum Gasteiger partial charge on any atom is 0.397 e. The second-order valence-electron chi connectivity index (χ2n) is 3.49. The lowest BCUT2D eigenvalue weighted by Gasteiger charge is -2.07. The molecule has 1 heterocycles. The topological polar surface area (TPSA) is 79.3 Å². The number of carboxylic acids is 1. The number of nitrogens with zero attached hydrogens (tertiary/aromatic N) is 1. The Morgan fingerprint density at radius 2 is 2.11 bits per heavy atom. The van der Waals surface area contributed by atoms with E-state index in [1.807, 2.05) is 5.32 Å². The van der Waals surface area contributed by atoms with Gasteiger partial charge in [0.25, 0.3) is 0 Å². The molecule has 1 rings (SSSR count). The highest BCUT2D eigenvalue weighted by molar-refractivity contribution is 5.90. The summed E-state index contributed by atoms with van der Waals surface area (Å²) in [6, 6.07) is 2.70. The van der Waals surface area contributed by atoms with Crippen molar-refractivity contribution in [2.45, 2.75) is 12.6 Å². The van der Waals surface area contributed by atoms with Crippen LogP contribution in [0.4, 0.5) is 19.0 Å². The molecule has 0 fully saturated rings. The van der Waals surface area contributed by atoms with E-state index < -0.39 is 24.5 Å². The van der Waals surface area contributed by atoms with Crippen LogP contribution in [0.5, 0.6) is 0 Å². The number of rotatable bonds is 4. The quantitative estimate of drug-likeness (QED) is 0.824. The van der Waals surface area contributed by atoms with E-state index in [0.717, 1.165) is 6.08 Å². The van der Waals surface area contributed by atoms with E-state index in [1.54, 1.807) is 0 Å². The fraction of sp³-hybridized carbons (Fsp3) is 0.182. The van der Waals surface area contributed by atoms with Crippen molar-refractivity contribution in [3.8, 4) is 0 Å². The number of anilines is 1. The zero-order valence-electron chi connectivity index (χ0n) is 9.44. The van der Waals surface area contributed by atoms with Gasteiger partial charge in [-0.25, -0.2) is 9.78 Å². The van der Waals surface area contributed by atoms with Gasteiger partial charge >= 0.3 is 12.1 Å². The van der Waals surface area contributed by atoms with Crippen LogP contribution in [0.2, 0.25) is 0 Å². The van der Waals surface area contributed by atoms with Gasteiger partial charge in [-0.05, 0) is 23.8 Å². The number of hydrogen-bond acceptors (Lipinski definition) is 3. The number of carbonyl (C=O) groups excluding carboxylic acids is 1. The second-order valence-corrected chi connectivity index (χ2v) is 3.49. The average molecular weight is 274 g/mol. The van der Waals surface area contributed by atoms with Gasteiger partial charge in [-0.15, -0.1) is 0 Å². The fourth-order valence-electron chi connectivity index (χ4n) is 1.16. The van der Waals surface area contributed by atoms with Crippen molar-refractivity contribution < 1.29 is 27.9 Å². The monoisotopic (exact) mass is 274 g/mol. The van der Waals surface area contributed by atoms with Crippen LogP contribution in [0.1, 0.15) is 12.0 Å². The molecule has 0 aliphatic rings. The van der Waals surface area contributed by atoms with Crippen LogP contribution in [0.3, 0.4) is 0 Å². The van der Waals surface area contributed by atoms with E-state index in [4.69, 9.17) is 5.11 Å². The van der Waals surface area contributed by atoms with Crippen LogP contribution in [0.25, 0.3) is 6.08 Å². The SMILES string of the molecule is O=C(O)/C=C/c1ccnc(NC(=O)CC(F)(F)F)c1. The number of aliphatic carboxylic acids is 1. The third-order valence-corrected chi connectivity index (χ3v) is 1.83. The van der Waals surface area contributed by atoms with Gasteiger partial charge in [-0.1, -0.05) is 0 Å². The molecule has 0 aliphatic carbocycles. The first-order valence-corrected chi connectivity index (χ1v) is 5.00. The maximum absolute atomic E-state index is 11.9. The van der Waals surface area contributed by atoms with E-state index in [-0.39, 0.29) is 5.82 Å². The Balaban J connectivity index is 2.72. The number of alkyl halides is 3. The van der Waals surface area contributed by atoms with Crippen molar-refractivity contribution >= 4 is 23.8 Å². The molecule has 1 aromatic rings. The average Bonchev–Trinajstić information content (AvgIpc) is 2.24. The summed E-state index contributed by atoms with van der Waals surface area (Å²) in [5.74, 6) is -2.49. The van der Waals surface area contributed by atoms with Crippen molar-refractivity contribution in [2.24, 2.45) is 0 Å². The van der Waals surface area contributed by atoms with Crippen LogP contribution in [-0.2, 0) is 9.59 Å². The molecule has 1 amide bonds. The number of nitrogens with one attached hydrogen (secondary N) is 1. The molecule has 0 aliphatic heterocycles. The molecule has 8 heteroatoms. The molecule has 0 radical (unpaired) electrons. The summed E-state index contributed by atoms with van der Waals surface area (Å²) < 4.78 is 35.8. The molecule has 0 saturated carbocycles. The molecule has 102 valence electrons. The van der Waals surface area contributed by atoms with Crippen LogP contribution in [-0.4, -0.2) is 28.1 Å². The molecular weight excluding hydrogens is 265 g/mol. The maximum atomic E-state index is 11.9. The van der Waals surface area contributed by atoms with Crippen molar-refractivity contribution in [3.63, 3.8) is 0 Å². The van der Waals surface area contributed by atoms with Gasteiger partial charge in [-0.3, -0.25) is 4.79 Å². The Labute approximate surface area is 105 Å². The largest absolute Gasteiger partial charge is 0.478 e. The minimum absolute atomic E-state index is 0.0817. The van der Waals surface area contributed by atoms with Gasteiger partial charge in [0.15, 0.2) is 0 Å². The lowest BCUT2D eigenvalue weighted by molar-refractivity contribution is -0.150. The zero-order chi connectivity index (χ0) is 14.5. The Morgan fingerprint density at radius 1 is 1.42 bits per heavy atom. The van der Waals surface area contributed by atoms with Gasteiger partial charge in [0.1, 0.15) is 12.2 Å². The van der Waals surface area contributed by atoms with Crippen molar-refractivity contribution in [2.75, 3.05) is 5.32 Å². The molecule has 0 spiro atoms. The molecule has 0 unspecified atom stereocenters. The zero-order valence-corrected chi connectivity index (χ0v) is 9.44. The summed E-state index contributed by atoms with van der Waals surface area (Å²) >= 11 is 0. The fourth-order valence-corrected chi connectivity index (χ4v) is 1.16. The Hall–Kier alpha value is -2.38. The predicted octanol–water partition coefficient (Wildman–Crippen LogP) is 2.07. The molecule has 1 aromatic heterocycles. The minimum Gasteiger partial charge on any atom is -0.478 e. The molecule has 5 nitrogen and oxygen atoms in total. The summed E-state index contributed by atoms with van der Waals surface area (Å²) in [4.78, 5) is 25.0. The lowest BCUT2D eigenvalue weighted by atomic mass is 10.2. The van der Waals surface area contributed by atoms with Crippen LogP contribution in [0, 0.1) is 0 Å². The number of amides is 1. The van der Waals surface area contributed by atoms with Gasteiger partial charge in [0.05, 0.1) is 0 Å². The summed E-state index contributed by atoms with van der Waals surface area (Å²) in [5.41, 5.74) is 0.389. The minimum atomic E-state index is -4.59. The number of hydrogen-bond donors (Lipinski definition) is 2. The summed E-state index contributed by atoms with van der Waals surface area (Å²) in [6.07, 6.45) is -2.88. The number of pyridine rings is 1. The molecule has 19 heavy (non-hydrogen) atoms. The highest BCUT2D eigenvalue weighted by atomic mass is 19.4. The van der Waals surface area contributed by atoms with Gasteiger partial charge in [-0.2, -0.15) is 13.2 Å². The molecular formula is C11H9F3N2O3. The third-order valence-electron chi connectivity index (χ3n) is 1.83. The molecule has 0 aromatic carbocycles. The first-order chi connectivity index (χ1) is 8.76. The Kier molecular flexibility index (Phi) is 4.62. The van der Waals surface area contributed by atoms with Gasteiger partial charge < -0.3 is 10.4 Å². The van der Waals surface area contributed by atoms with E-state index >= 15 is 0 Å². The van der Waals surface area contributed by atoms with Gasteiger partial charge in [0.2, 0.25) is 5.91 Å². The van der Waals surface area contributed by atoms with E-state index in [2.05, 4.69) is 4.98 Å². The third kappa shape index (κ3) is 6.20. The summed E-state index contributed by atoms with van der Waals surface area (Å²) in [7, 11) is 0. The highest BCUT2D eigenvalue weighted by Crippen LogP contribution is 2.20. The lowest BCUT2D eigenvalue weighted by Crippen LogP contribution is -2.21. The number of carbonyl (C=O) groups is 2. The first-order valence-electron chi connectivity index (χ1n) is 5.00. The van der Waals surface area contributed by atoms with Crippen LogP contribution >= 0.6 is 0 Å². The molecule has 0 bridgehead atoms. The predicted molar refractivity (Wildman–Crippen MR) is 60.2 cm³/mol. The molecule has 2 N–H and O–H groups in total.